The molecule has 16 heavy (non-hydrogen) atoms. The van der Waals surface area contributed by atoms with Gasteiger partial charge in [-0.1, -0.05) is 13.8 Å². The Kier molecular flexibility index (Phi) is 4.80. The highest BCUT2D eigenvalue weighted by Gasteiger charge is 2.33. The van der Waals surface area contributed by atoms with E-state index in [0.29, 0.717) is 11.7 Å². The molecule has 0 aliphatic carbocycles. The van der Waals surface area contributed by atoms with Gasteiger partial charge in [-0.2, -0.15) is 0 Å². The summed E-state index contributed by atoms with van der Waals surface area (Å²) < 4.78 is 22.2. The first-order valence-corrected chi connectivity index (χ1v) is 8.32. The van der Waals surface area contributed by atoms with E-state index in [1.54, 1.807) is 0 Å². The van der Waals surface area contributed by atoms with Gasteiger partial charge in [-0.05, 0) is 44.6 Å². The molecule has 0 spiro atoms. The maximum absolute atomic E-state index is 11.1. The third-order valence-corrected chi connectivity index (χ3v) is 4.33. The highest BCUT2D eigenvalue weighted by molar-refractivity contribution is 7.90. The summed E-state index contributed by atoms with van der Waals surface area (Å²) >= 11 is 0. The number of hydrogen-bond acceptors (Lipinski definition) is 3. The van der Waals surface area contributed by atoms with Gasteiger partial charge in [0.1, 0.15) is 9.84 Å². The molecule has 0 aromatic heterocycles. The summed E-state index contributed by atoms with van der Waals surface area (Å²) in [5, 5.41) is 3.59. The molecule has 96 valence electrons. The van der Waals surface area contributed by atoms with Crippen molar-refractivity contribution in [2.75, 3.05) is 18.6 Å². The monoisotopic (exact) mass is 247 g/mol. The molecule has 1 N–H and O–H groups in total. The van der Waals surface area contributed by atoms with Crippen LogP contribution in [0.25, 0.3) is 0 Å². The number of sulfone groups is 1. The van der Waals surface area contributed by atoms with E-state index in [4.69, 9.17) is 0 Å². The Labute approximate surface area is 99.9 Å². The average molecular weight is 247 g/mol. The van der Waals surface area contributed by atoms with Gasteiger partial charge < -0.3 is 5.32 Å². The van der Waals surface area contributed by atoms with E-state index in [-0.39, 0.29) is 5.54 Å². The van der Waals surface area contributed by atoms with Crippen LogP contribution >= 0.6 is 0 Å². The second kappa shape index (κ2) is 5.50. The molecule has 1 atom stereocenters. The zero-order chi connectivity index (χ0) is 12.2. The molecular formula is C12H25NO2S. The van der Waals surface area contributed by atoms with Crippen LogP contribution in [0.3, 0.4) is 0 Å². The van der Waals surface area contributed by atoms with Crippen LogP contribution in [0.5, 0.6) is 0 Å². The number of nitrogens with one attached hydrogen (secondary N) is 1. The van der Waals surface area contributed by atoms with Gasteiger partial charge in [0.05, 0.1) is 0 Å². The smallest absolute Gasteiger partial charge is 0.147 e. The zero-order valence-corrected chi connectivity index (χ0v) is 11.6. The summed E-state index contributed by atoms with van der Waals surface area (Å²) in [5.74, 6) is 0.998. The predicted octanol–water partition coefficient (Wildman–Crippen LogP) is 1.98. The van der Waals surface area contributed by atoms with Gasteiger partial charge in [0.2, 0.25) is 0 Å². The van der Waals surface area contributed by atoms with Crippen molar-refractivity contribution in [3.8, 4) is 0 Å². The van der Waals surface area contributed by atoms with Gasteiger partial charge in [-0.15, -0.1) is 0 Å². The van der Waals surface area contributed by atoms with Crippen LogP contribution in [0.15, 0.2) is 0 Å². The molecule has 0 saturated carbocycles. The van der Waals surface area contributed by atoms with Crippen molar-refractivity contribution in [1.82, 2.24) is 5.32 Å². The van der Waals surface area contributed by atoms with Crippen LogP contribution in [-0.2, 0) is 9.84 Å². The van der Waals surface area contributed by atoms with Gasteiger partial charge in [0.25, 0.3) is 0 Å². The molecule has 0 radical (unpaired) electrons. The van der Waals surface area contributed by atoms with E-state index in [1.165, 1.54) is 19.1 Å². The van der Waals surface area contributed by atoms with Crippen LogP contribution in [0.4, 0.5) is 0 Å². The van der Waals surface area contributed by atoms with Gasteiger partial charge in [-0.25, -0.2) is 8.42 Å². The highest BCUT2D eigenvalue weighted by Crippen LogP contribution is 2.31. The molecular weight excluding hydrogens is 222 g/mol. The zero-order valence-electron chi connectivity index (χ0n) is 10.8. The maximum atomic E-state index is 11.1. The quantitative estimate of drug-likeness (QED) is 0.780. The molecule has 1 saturated heterocycles. The van der Waals surface area contributed by atoms with Crippen LogP contribution in [0.1, 0.15) is 46.0 Å². The Balaban J connectivity index is 2.45. The van der Waals surface area contributed by atoms with Crippen LogP contribution in [0, 0.1) is 5.92 Å². The lowest BCUT2D eigenvalue weighted by Gasteiger charge is -2.31. The molecule has 0 bridgehead atoms. The third kappa shape index (κ3) is 4.83. The molecule has 1 aliphatic heterocycles. The van der Waals surface area contributed by atoms with Crippen LogP contribution < -0.4 is 5.32 Å². The average Bonchev–Trinajstić information content (AvgIpc) is 2.49. The SMILES string of the molecule is CC(C)CC1(CCCS(C)(=O)=O)CCCN1. The minimum atomic E-state index is -2.80. The first-order valence-electron chi connectivity index (χ1n) is 6.26. The van der Waals surface area contributed by atoms with E-state index >= 15 is 0 Å². The van der Waals surface area contributed by atoms with Crippen molar-refractivity contribution in [3.63, 3.8) is 0 Å². The molecule has 1 heterocycles. The molecule has 0 aromatic rings. The van der Waals surface area contributed by atoms with Crippen LogP contribution in [0.2, 0.25) is 0 Å². The molecule has 1 rings (SSSR count). The Hall–Kier alpha value is -0.0900. The molecule has 1 fully saturated rings. The first-order chi connectivity index (χ1) is 7.33. The summed E-state index contributed by atoms with van der Waals surface area (Å²) in [6.45, 7) is 5.56. The summed E-state index contributed by atoms with van der Waals surface area (Å²) in [6, 6.07) is 0. The first kappa shape index (κ1) is 14.0. The standard InChI is InChI=1S/C12H25NO2S/c1-11(2)10-12(6-4-8-13-12)7-5-9-16(3,14)15/h11,13H,4-10H2,1-3H3. The number of hydrogen-bond donors (Lipinski definition) is 1. The van der Waals surface area contributed by atoms with E-state index < -0.39 is 9.84 Å². The predicted molar refractivity (Wildman–Crippen MR) is 68.4 cm³/mol. The van der Waals surface area contributed by atoms with E-state index in [1.807, 2.05) is 0 Å². The van der Waals surface area contributed by atoms with Crippen molar-refractivity contribution in [3.05, 3.63) is 0 Å². The second-order valence-corrected chi connectivity index (χ2v) is 7.90. The molecule has 4 heteroatoms. The topological polar surface area (TPSA) is 46.2 Å². The molecule has 3 nitrogen and oxygen atoms in total. The van der Waals surface area contributed by atoms with Gasteiger partial charge >= 0.3 is 0 Å². The van der Waals surface area contributed by atoms with E-state index in [2.05, 4.69) is 19.2 Å². The van der Waals surface area contributed by atoms with Crippen molar-refractivity contribution in [1.29, 1.82) is 0 Å². The Morgan fingerprint density at radius 1 is 1.38 bits per heavy atom. The van der Waals surface area contributed by atoms with Crippen molar-refractivity contribution < 1.29 is 8.42 Å². The summed E-state index contributed by atoms with van der Waals surface area (Å²) in [4.78, 5) is 0. The lowest BCUT2D eigenvalue weighted by molar-refractivity contribution is 0.282. The van der Waals surface area contributed by atoms with E-state index in [9.17, 15) is 8.42 Å². The van der Waals surface area contributed by atoms with E-state index in [0.717, 1.165) is 25.8 Å². The van der Waals surface area contributed by atoms with Gasteiger partial charge in [0.15, 0.2) is 0 Å². The highest BCUT2D eigenvalue weighted by atomic mass is 32.2. The fraction of sp³-hybridized carbons (Fsp3) is 1.00. The molecule has 1 aliphatic rings. The van der Waals surface area contributed by atoms with Crippen molar-refractivity contribution in [2.45, 2.75) is 51.5 Å². The maximum Gasteiger partial charge on any atom is 0.147 e. The Morgan fingerprint density at radius 2 is 2.06 bits per heavy atom. The van der Waals surface area contributed by atoms with Crippen molar-refractivity contribution >= 4 is 9.84 Å². The third-order valence-electron chi connectivity index (χ3n) is 3.30. The van der Waals surface area contributed by atoms with Crippen LogP contribution in [-0.4, -0.2) is 32.5 Å². The fourth-order valence-corrected chi connectivity index (χ4v) is 3.48. The fourth-order valence-electron chi connectivity index (χ4n) is 2.81. The Morgan fingerprint density at radius 3 is 2.50 bits per heavy atom. The van der Waals surface area contributed by atoms with Gasteiger partial charge in [0, 0.05) is 17.5 Å². The second-order valence-electron chi connectivity index (χ2n) is 5.64. The molecule has 1 unspecified atom stereocenters. The van der Waals surface area contributed by atoms with Gasteiger partial charge in [-0.3, -0.25) is 0 Å². The lowest BCUT2D eigenvalue weighted by atomic mass is 9.84. The summed E-state index contributed by atoms with van der Waals surface area (Å²) in [6.07, 6.45) is 6.71. The Bertz CT molecular complexity index is 303. The van der Waals surface area contributed by atoms with Crippen molar-refractivity contribution in [2.24, 2.45) is 5.92 Å². The summed E-state index contributed by atoms with van der Waals surface area (Å²) in [5.41, 5.74) is 0.221. The minimum Gasteiger partial charge on any atom is -0.311 e. The molecule has 0 aromatic carbocycles. The minimum absolute atomic E-state index is 0.221. The number of rotatable bonds is 6. The molecule has 0 amide bonds. The largest absolute Gasteiger partial charge is 0.311 e. The summed E-state index contributed by atoms with van der Waals surface area (Å²) in [7, 11) is -2.80. The lowest BCUT2D eigenvalue weighted by Crippen LogP contribution is -2.41. The normalized spacial score (nSPS) is 26.5.